The van der Waals surface area contributed by atoms with Crippen LogP contribution in [0.1, 0.15) is 65.7 Å². The van der Waals surface area contributed by atoms with E-state index in [9.17, 15) is 0 Å². The summed E-state index contributed by atoms with van der Waals surface area (Å²) < 4.78 is 5.51. The molecule has 0 aromatic carbocycles. The van der Waals surface area contributed by atoms with Crippen LogP contribution in [0.15, 0.2) is 11.6 Å². The zero-order chi connectivity index (χ0) is 13.4. The van der Waals surface area contributed by atoms with Gasteiger partial charge in [-0.1, -0.05) is 18.1 Å². The molecule has 3 heteroatoms. The van der Waals surface area contributed by atoms with E-state index >= 15 is 0 Å². The second-order valence-corrected chi connectivity index (χ2v) is 5.52. The lowest BCUT2D eigenvalue weighted by Gasteiger charge is -2.34. The van der Waals surface area contributed by atoms with E-state index in [0.717, 1.165) is 38.5 Å². The summed E-state index contributed by atoms with van der Waals surface area (Å²) in [6, 6.07) is 0. The highest BCUT2D eigenvalue weighted by molar-refractivity contribution is 4.92. The summed E-state index contributed by atoms with van der Waals surface area (Å²) in [5, 5.41) is 0. The smallest absolute Gasteiger partial charge is 0.201 e. The SMILES string of the molecule is COC1(OOC(C)CCC=C(C)C)CCCCC1. The minimum Gasteiger partial charge on any atom is -0.351 e. The Morgan fingerprint density at radius 2 is 1.89 bits per heavy atom. The van der Waals surface area contributed by atoms with Crippen molar-refractivity contribution >= 4 is 0 Å². The Morgan fingerprint density at radius 1 is 1.22 bits per heavy atom. The number of rotatable bonds is 7. The molecule has 1 rings (SSSR count). The summed E-state index contributed by atoms with van der Waals surface area (Å²) in [4.78, 5) is 11.1. The topological polar surface area (TPSA) is 27.7 Å². The van der Waals surface area contributed by atoms with Crippen LogP contribution in [-0.4, -0.2) is 19.0 Å². The van der Waals surface area contributed by atoms with Crippen molar-refractivity contribution in [1.29, 1.82) is 0 Å². The molecule has 0 saturated heterocycles. The van der Waals surface area contributed by atoms with Gasteiger partial charge in [0.2, 0.25) is 5.79 Å². The first-order chi connectivity index (χ1) is 8.58. The molecule has 0 aromatic heterocycles. The van der Waals surface area contributed by atoms with Gasteiger partial charge in [0.25, 0.3) is 0 Å². The number of ether oxygens (including phenoxy) is 1. The highest BCUT2D eigenvalue weighted by Gasteiger charge is 2.34. The van der Waals surface area contributed by atoms with Crippen LogP contribution in [0, 0.1) is 0 Å². The van der Waals surface area contributed by atoms with Crippen LogP contribution in [-0.2, 0) is 14.5 Å². The van der Waals surface area contributed by atoms with E-state index in [1.165, 1.54) is 12.0 Å². The molecule has 0 aromatic rings. The molecule has 1 aliphatic carbocycles. The van der Waals surface area contributed by atoms with E-state index in [1.54, 1.807) is 7.11 Å². The molecule has 1 fully saturated rings. The van der Waals surface area contributed by atoms with Gasteiger partial charge in [-0.05, 0) is 46.5 Å². The molecule has 18 heavy (non-hydrogen) atoms. The van der Waals surface area contributed by atoms with Crippen LogP contribution in [0.2, 0.25) is 0 Å². The first-order valence-electron chi connectivity index (χ1n) is 7.11. The van der Waals surface area contributed by atoms with E-state index in [4.69, 9.17) is 14.5 Å². The molecule has 0 spiro atoms. The van der Waals surface area contributed by atoms with Crippen molar-refractivity contribution < 1.29 is 14.5 Å². The van der Waals surface area contributed by atoms with Gasteiger partial charge >= 0.3 is 0 Å². The summed E-state index contributed by atoms with van der Waals surface area (Å²) in [6.07, 6.45) is 9.80. The lowest BCUT2D eigenvalue weighted by atomic mass is 9.94. The molecule has 1 atom stereocenters. The van der Waals surface area contributed by atoms with Crippen molar-refractivity contribution in [2.45, 2.75) is 77.6 Å². The zero-order valence-electron chi connectivity index (χ0n) is 12.3. The van der Waals surface area contributed by atoms with Gasteiger partial charge in [0, 0.05) is 20.0 Å². The van der Waals surface area contributed by atoms with E-state index in [1.807, 2.05) is 6.92 Å². The minimum atomic E-state index is -0.497. The van der Waals surface area contributed by atoms with Gasteiger partial charge < -0.3 is 4.74 Å². The Bertz CT molecular complexity index is 250. The number of allylic oxidation sites excluding steroid dienone is 2. The van der Waals surface area contributed by atoms with Crippen LogP contribution >= 0.6 is 0 Å². The zero-order valence-corrected chi connectivity index (χ0v) is 12.3. The first-order valence-corrected chi connectivity index (χ1v) is 7.11. The van der Waals surface area contributed by atoms with Gasteiger partial charge in [0.1, 0.15) is 0 Å². The lowest BCUT2D eigenvalue weighted by Crippen LogP contribution is -2.38. The third-order valence-electron chi connectivity index (χ3n) is 3.48. The maximum Gasteiger partial charge on any atom is 0.201 e. The predicted octanol–water partition coefficient (Wildman–Crippen LogP) is 4.38. The van der Waals surface area contributed by atoms with Gasteiger partial charge in [-0.25, -0.2) is 9.78 Å². The average Bonchev–Trinajstić information content (AvgIpc) is 2.37. The fourth-order valence-corrected chi connectivity index (χ4v) is 2.24. The fourth-order valence-electron chi connectivity index (χ4n) is 2.24. The van der Waals surface area contributed by atoms with E-state index in [2.05, 4.69) is 19.9 Å². The molecule has 3 nitrogen and oxygen atoms in total. The average molecular weight is 256 g/mol. The first kappa shape index (κ1) is 15.7. The molecule has 1 unspecified atom stereocenters. The quantitative estimate of drug-likeness (QED) is 0.293. The Balaban J connectivity index is 2.27. The van der Waals surface area contributed by atoms with Crippen LogP contribution < -0.4 is 0 Å². The van der Waals surface area contributed by atoms with Crippen LogP contribution in [0.3, 0.4) is 0 Å². The van der Waals surface area contributed by atoms with Crippen LogP contribution in [0.25, 0.3) is 0 Å². The number of methoxy groups -OCH3 is 1. The second kappa shape index (κ2) is 7.93. The molecule has 1 saturated carbocycles. The normalized spacial score (nSPS) is 20.4. The summed E-state index contributed by atoms with van der Waals surface area (Å²) in [5.41, 5.74) is 1.35. The molecular weight excluding hydrogens is 228 g/mol. The number of hydrogen-bond donors (Lipinski definition) is 0. The van der Waals surface area contributed by atoms with E-state index < -0.39 is 5.79 Å². The molecule has 1 aliphatic rings. The monoisotopic (exact) mass is 256 g/mol. The predicted molar refractivity (Wildman–Crippen MR) is 73.1 cm³/mol. The summed E-state index contributed by atoms with van der Waals surface area (Å²) in [5.74, 6) is -0.497. The highest BCUT2D eigenvalue weighted by atomic mass is 17.2. The molecule has 0 heterocycles. The largest absolute Gasteiger partial charge is 0.351 e. The molecule has 0 aliphatic heterocycles. The maximum absolute atomic E-state index is 5.60. The van der Waals surface area contributed by atoms with Gasteiger partial charge in [-0.2, -0.15) is 0 Å². The minimum absolute atomic E-state index is 0.106. The van der Waals surface area contributed by atoms with Crippen molar-refractivity contribution in [2.75, 3.05) is 7.11 Å². The van der Waals surface area contributed by atoms with Crippen molar-refractivity contribution in [1.82, 2.24) is 0 Å². The van der Waals surface area contributed by atoms with Gasteiger partial charge in [0.15, 0.2) is 0 Å². The Morgan fingerprint density at radius 3 is 2.44 bits per heavy atom. The Labute approximate surface area is 111 Å². The molecule has 106 valence electrons. The third-order valence-corrected chi connectivity index (χ3v) is 3.48. The molecule has 0 bridgehead atoms. The van der Waals surface area contributed by atoms with Crippen LogP contribution in [0.4, 0.5) is 0 Å². The molecule has 0 radical (unpaired) electrons. The summed E-state index contributed by atoms with van der Waals surface area (Å²) >= 11 is 0. The highest BCUT2D eigenvalue weighted by Crippen LogP contribution is 2.32. The van der Waals surface area contributed by atoms with Crippen molar-refractivity contribution in [3.8, 4) is 0 Å². The van der Waals surface area contributed by atoms with Gasteiger partial charge in [0.05, 0.1) is 6.10 Å². The Hall–Kier alpha value is -0.380. The lowest BCUT2D eigenvalue weighted by molar-refractivity contribution is -0.445. The molecular formula is C15H28O3. The van der Waals surface area contributed by atoms with Crippen molar-refractivity contribution in [3.63, 3.8) is 0 Å². The van der Waals surface area contributed by atoms with Gasteiger partial charge in [-0.3, -0.25) is 0 Å². The number of hydrogen-bond acceptors (Lipinski definition) is 3. The van der Waals surface area contributed by atoms with Crippen molar-refractivity contribution in [2.24, 2.45) is 0 Å². The standard InChI is InChI=1S/C15H28O3/c1-13(2)9-8-10-14(3)17-18-15(16-4)11-6-5-7-12-15/h9,14H,5-8,10-12H2,1-4H3. The molecule has 0 N–H and O–H groups in total. The molecule has 0 amide bonds. The summed E-state index contributed by atoms with van der Waals surface area (Å²) in [6.45, 7) is 6.28. The summed E-state index contributed by atoms with van der Waals surface area (Å²) in [7, 11) is 1.71. The van der Waals surface area contributed by atoms with E-state index in [-0.39, 0.29) is 6.10 Å². The van der Waals surface area contributed by atoms with Crippen molar-refractivity contribution in [3.05, 3.63) is 11.6 Å². The van der Waals surface area contributed by atoms with Gasteiger partial charge in [-0.15, -0.1) is 0 Å². The van der Waals surface area contributed by atoms with E-state index in [0.29, 0.717) is 0 Å². The maximum atomic E-state index is 5.60. The van der Waals surface area contributed by atoms with Crippen LogP contribution in [0.5, 0.6) is 0 Å². The fraction of sp³-hybridized carbons (Fsp3) is 0.867. The Kier molecular flexibility index (Phi) is 6.90. The second-order valence-electron chi connectivity index (χ2n) is 5.52. The third kappa shape index (κ3) is 5.51.